The minimum Gasteiger partial charge on any atom is -0.335 e. The Labute approximate surface area is 200 Å². The molecule has 0 spiro atoms. The predicted molar refractivity (Wildman–Crippen MR) is 131 cm³/mol. The molecule has 0 saturated carbocycles. The van der Waals surface area contributed by atoms with Gasteiger partial charge in [0.15, 0.2) is 5.69 Å². The summed E-state index contributed by atoms with van der Waals surface area (Å²) >= 11 is 1.24. The number of amides is 1. The molecule has 34 heavy (non-hydrogen) atoms. The molecule has 1 saturated heterocycles. The van der Waals surface area contributed by atoms with Crippen molar-refractivity contribution in [2.75, 3.05) is 26.2 Å². The van der Waals surface area contributed by atoms with Crippen LogP contribution < -0.4 is 5.56 Å². The molecule has 10 heteroatoms. The number of benzene rings is 2. The number of aryl methyl sites for hydroxylation is 1. The number of hydrogen-bond donors (Lipinski definition) is 0. The van der Waals surface area contributed by atoms with Gasteiger partial charge in [-0.25, -0.2) is 8.42 Å². The van der Waals surface area contributed by atoms with Crippen LogP contribution >= 0.6 is 11.3 Å². The van der Waals surface area contributed by atoms with Crippen LogP contribution in [0.25, 0.3) is 16.5 Å². The standard InChI is InChI=1S/C24H22N4O4S2/c1-17-11-12-21(33-17)34(31,32)27-15-13-26(14-16-27)24(30)22-19-9-5-6-10-20(19)23(29)28(25-22)18-7-3-2-4-8-18/h2-12H,13-16H2,1H3. The first-order valence-corrected chi connectivity index (χ1v) is 13.1. The van der Waals surface area contributed by atoms with E-state index < -0.39 is 10.0 Å². The van der Waals surface area contributed by atoms with E-state index in [1.54, 1.807) is 65.6 Å². The van der Waals surface area contributed by atoms with Crippen LogP contribution in [-0.2, 0) is 10.0 Å². The molecule has 2 aromatic carbocycles. The average molecular weight is 495 g/mol. The van der Waals surface area contributed by atoms with Crippen LogP contribution in [0.4, 0.5) is 0 Å². The normalized spacial score (nSPS) is 15.0. The number of sulfonamides is 1. The topological polar surface area (TPSA) is 92.6 Å². The molecule has 1 aliphatic heterocycles. The van der Waals surface area contributed by atoms with Crippen molar-refractivity contribution in [1.29, 1.82) is 0 Å². The molecule has 5 rings (SSSR count). The number of carbonyl (C=O) groups excluding carboxylic acids is 1. The fourth-order valence-electron chi connectivity index (χ4n) is 4.05. The molecule has 4 aromatic rings. The zero-order valence-electron chi connectivity index (χ0n) is 18.4. The van der Waals surface area contributed by atoms with E-state index in [9.17, 15) is 18.0 Å². The van der Waals surface area contributed by atoms with E-state index >= 15 is 0 Å². The molecule has 2 aromatic heterocycles. The highest BCUT2D eigenvalue weighted by Gasteiger charge is 2.32. The largest absolute Gasteiger partial charge is 0.335 e. The molecule has 1 fully saturated rings. The molecule has 0 atom stereocenters. The molecule has 0 aliphatic carbocycles. The van der Waals surface area contributed by atoms with Crippen molar-refractivity contribution >= 4 is 38.0 Å². The van der Waals surface area contributed by atoms with Crippen LogP contribution in [0, 0.1) is 6.92 Å². The van der Waals surface area contributed by atoms with Crippen LogP contribution in [0.3, 0.4) is 0 Å². The minimum absolute atomic E-state index is 0.171. The lowest BCUT2D eigenvalue weighted by Gasteiger charge is -2.33. The molecule has 0 radical (unpaired) electrons. The van der Waals surface area contributed by atoms with Gasteiger partial charge in [-0.15, -0.1) is 11.3 Å². The fourth-order valence-corrected chi connectivity index (χ4v) is 6.91. The summed E-state index contributed by atoms with van der Waals surface area (Å²) in [4.78, 5) is 29.1. The SMILES string of the molecule is Cc1ccc(S(=O)(=O)N2CCN(C(=O)c3nn(-c4ccccc4)c(=O)c4ccccc34)CC2)s1. The average Bonchev–Trinajstić information content (AvgIpc) is 3.32. The number of aromatic nitrogens is 2. The van der Waals surface area contributed by atoms with Crippen molar-refractivity contribution in [2.45, 2.75) is 11.1 Å². The highest BCUT2D eigenvalue weighted by molar-refractivity contribution is 7.91. The van der Waals surface area contributed by atoms with Gasteiger partial charge in [-0.2, -0.15) is 14.1 Å². The van der Waals surface area contributed by atoms with Gasteiger partial charge in [0.25, 0.3) is 21.5 Å². The zero-order chi connectivity index (χ0) is 23.9. The number of piperazine rings is 1. The van der Waals surface area contributed by atoms with Crippen molar-refractivity contribution in [2.24, 2.45) is 0 Å². The first kappa shape index (κ1) is 22.5. The lowest BCUT2D eigenvalue weighted by molar-refractivity contribution is 0.0692. The van der Waals surface area contributed by atoms with Crippen LogP contribution in [0.15, 0.2) is 75.7 Å². The number of nitrogens with zero attached hydrogens (tertiary/aromatic N) is 4. The molecule has 1 aliphatic rings. The van der Waals surface area contributed by atoms with Crippen LogP contribution in [0.2, 0.25) is 0 Å². The number of thiophene rings is 1. The van der Waals surface area contributed by atoms with E-state index in [1.165, 1.54) is 20.3 Å². The lowest BCUT2D eigenvalue weighted by atomic mass is 10.1. The smallest absolute Gasteiger partial charge is 0.279 e. The van der Waals surface area contributed by atoms with E-state index in [0.29, 0.717) is 20.7 Å². The highest BCUT2D eigenvalue weighted by Crippen LogP contribution is 2.26. The second-order valence-corrected chi connectivity index (χ2v) is 11.5. The lowest BCUT2D eigenvalue weighted by Crippen LogP contribution is -2.50. The quantitative estimate of drug-likeness (QED) is 0.435. The summed E-state index contributed by atoms with van der Waals surface area (Å²) in [5, 5.41) is 5.33. The van der Waals surface area contributed by atoms with E-state index in [1.807, 2.05) is 13.0 Å². The molecule has 0 bridgehead atoms. The van der Waals surface area contributed by atoms with Gasteiger partial charge >= 0.3 is 0 Å². The van der Waals surface area contributed by atoms with Gasteiger partial charge in [0.2, 0.25) is 0 Å². The Balaban J connectivity index is 1.46. The van der Waals surface area contributed by atoms with Crippen molar-refractivity contribution in [3.8, 4) is 5.69 Å². The molecule has 3 heterocycles. The van der Waals surface area contributed by atoms with Gasteiger partial charge in [0, 0.05) is 36.4 Å². The number of carbonyl (C=O) groups is 1. The van der Waals surface area contributed by atoms with E-state index in [-0.39, 0.29) is 43.3 Å². The molecule has 8 nitrogen and oxygen atoms in total. The van der Waals surface area contributed by atoms with Gasteiger partial charge in [-0.3, -0.25) is 9.59 Å². The maximum Gasteiger partial charge on any atom is 0.279 e. The summed E-state index contributed by atoms with van der Waals surface area (Å²) in [6.45, 7) is 2.74. The molecule has 0 unspecified atom stereocenters. The number of para-hydroxylation sites is 1. The van der Waals surface area contributed by atoms with E-state index in [0.717, 1.165) is 4.88 Å². The number of hydrogen-bond acceptors (Lipinski definition) is 6. The zero-order valence-corrected chi connectivity index (χ0v) is 20.1. The van der Waals surface area contributed by atoms with Crippen LogP contribution in [0.1, 0.15) is 15.4 Å². The second-order valence-electron chi connectivity index (χ2n) is 8.01. The molecular weight excluding hydrogens is 472 g/mol. The third-order valence-electron chi connectivity index (χ3n) is 5.84. The predicted octanol–water partition coefficient (Wildman–Crippen LogP) is 2.90. The van der Waals surface area contributed by atoms with Crippen molar-refractivity contribution < 1.29 is 13.2 Å². The second kappa shape index (κ2) is 8.79. The third-order valence-corrected chi connectivity index (χ3v) is 9.21. The van der Waals surface area contributed by atoms with Crippen molar-refractivity contribution in [1.82, 2.24) is 19.0 Å². The minimum atomic E-state index is -3.59. The summed E-state index contributed by atoms with van der Waals surface area (Å²) in [5.74, 6) is -0.329. The molecule has 174 valence electrons. The number of fused-ring (bicyclic) bond motifs is 1. The Morgan fingerprint density at radius 1 is 0.882 bits per heavy atom. The monoisotopic (exact) mass is 494 g/mol. The Morgan fingerprint density at radius 3 is 2.18 bits per heavy atom. The Hall–Kier alpha value is -3.34. The van der Waals surface area contributed by atoms with E-state index in [2.05, 4.69) is 5.10 Å². The number of rotatable bonds is 4. The highest BCUT2D eigenvalue weighted by atomic mass is 32.2. The summed E-state index contributed by atoms with van der Waals surface area (Å²) in [7, 11) is -3.59. The Morgan fingerprint density at radius 2 is 1.53 bits per heavy atom. The molecule has 1 amide bonds. The van der Waals surface area contributed by atoms with Crippen molar-refractivity contribution in [3.05, 3.63) is 87.7 Å². The third kappa shape index (κ3) is 3.93. The first-order chi connectivity index (χ1) is 16.4. The summed E-state index contributed by atoms with van der Waals surface area (Å²) in [6, 6.07) is 19.3. The summed E-state index contributed by atoms with van der Waals surface area (Å²) in [5.41, 5.74) is 0.430. The maximum absolute atomic E-state index is 13.5. The van der Waals surface area contributed by atoms with Gasteiger partial charge in [0.05, 0.1) is 11.1 Å². The molecular formula is C24H22N4O4S2. The van der Waals surface area contributed by atoms with E-state index in [4.69, 9.17) is 0 Å². The summed E-state index contributed by atoms with van der Waals surface area (Å²) < 4.78 is 28.9. The van der Waals surface area contributed by atoms with Crippen molar-refractivity contribution in [3.63, 3.8) is 0 Å². The first-order valence-electron chi connectivity index (χ1n) is 10.8. The maximum atomic E-state index is 13.5. The fraction of sp³-hybridized carbons (Fsp3) is 0.208. The Kier molecular flexibility index (Phi) is 5.80. The van der Waals surface area contributed by atoms with Gasteiger partial charge in [-0.05, 0) is 37.3 Å². The Bertz CT molecular complexity index is 1540. The summed E-state index contributed by atoms with van der Waals surface area (Å²) in [6.07, 6.45) is 0. The van der Waals surface area contributed by atoms with Gasteiger partial charge in [0.1, 0.15) is 4.21 Å². The van der Waals surface area contributed by atoms with Crippen LogP contribution in [-0.4, -0.2) is 59.5 Å². The van der Waals surface area contributed by atoms with Gasteiger partial charge < -0.3 is 4.90 Å². The van der Waals surface area contributed by atoms with Gasteiger partial charge in [-0.1, -0.05) is 36.4 Å². The molecule has 0 N–H and O–H groups in total. The van der Waals surface area contributed by atoms with Crippen LogP contribution in [0.5, 0.6) is 0 Å².